The Morgan fingerprint density at radius 1 is 1.18 bits per heavy atom. The second-order valence-corrected chi connectivity index (χ2v) is 5.27. The van der Waals surface area contributed by atoms with Gasteiger partial charge in [0, 0.05) is 12.3 Å². The molecule has 1 aromatic carbocycles. The zero-order chi connectivity index (χ0) is 16.3. The van der Waals surface area contributed by atoms with E-state index < -0.39 is 5.56 Å². The number of carbonyl (C=O) groups is 1. The first kappa shape index (κ1) is 16.4. The molecule has 0 N–H and O–H groups in total. The highest BCUT2D eigenvalue weighted by atomic mass is 35.5. The van der Waals surface area contributed by atoms with Crippen molar-refractivity contribution < 1.29 is 14.3 Å². The number of nitrogens with zero attached hydrogens (tertiary/aromatic N) is 1. The van der Waals surface area contributed by atoms with Gasteiger partial charge in [0.2, 0.25) is 0 Å². The highest BCUT2D eigenvalue weighted by Gasteiger charge is 2.15. The lowest BCUT2D eigenvalue weighted by Gasteiger charge is -2.11. The standard InChI is InChI=1S/C15H13Cl2NO4/c1-21-10-3-4-11(14(6-10)22-2)13(19)8-18-7-9(16)5-12(17)15(18)20/h3-7H,8H2,1-2H3. The van der Waals surface area contributed by atoms with Gasteiger partial charge in [0.1, 0.15) is 16.5 Å². The zero-order valence-electron chi connectivity index (χ0n) is 11.9. The molecule has 1 heterocycles. The maximum absolute atomic E-state index is 12.4. The Balaban J connectivity index is 2.36. The van der Waals surface area contributed by atoms with Crippen LogP contribution in [0.1, 0.15) is 10.4 Å². The van der Waals surface area contributed by atoms with Crippen LogP contribution in [0.25, 0.3) is 0 Å². The van der Waals surface area contributed by atoms with Crippen LogP contribution in [-0.2, 0) is 6.54 Å². The fourth-order valence-corrected chi connectivity index (χ4v) is 2.46. The predicted octanol–water partition coefficient (Wildman–Crippen LogP) is 3.06. The molecule has 0 aliphatic rings. The lowest BCUT2D eigenvalue weighted by Crippen LogP contribution is -2.24. The van der Waals surface area contributed by atoms with E-state index in [4.69, 9.17) is 32.7 Å². The first-order valence-electron chi connectivity index (χ1n) is 6.27. The van der Waals surface area contributed by atoms with Crippen molar-refractivity contribution in [3.8, 4) is 11.5 Å². The van der Waals surface area contributed by atoms with Crippen molar-refractivity contribution in [2.45, 2.75) is 6.54 Å². The van der Waals surface area contributed by atoms with Gasteiger partial charge in [-0.2, -0.15) is 0 Å². The molecule has 0 fully saturated rings. The van der Waals surface area contributed by atoms with E-state index in [9.17, 15) is 9.59 Å². The van der Waals surface area contributed by atoms with Gasteiger partial charge >= 0.3 is 0 Å². The normalized spacial score (nSPS) is 10.4. The van der Waals surface area contributed by atoms with Crippen LogP contribution in [0.2, 0.25) is 10.0 Å². The van der Waals surface area contributed by atoms with Gasteiger partial charge in [-0.1, -0.05) is 23.2 Å². The molecule has 2 rings (SSSR count). The van der Waals surface area contributed by atoms with Gasteiger partial charge in [0.25, 0.3) is 5.56 Å². The summed E-state index contributed by atoms with van der Waals surface area (Å²) in [5.41, 5.74) is -0.141. The molecule has 0 saturated carbocycles. The van der Waals surface area contributed by atoms with E-state index in [1.54, 1.807) is 18.2 Å². The number of Topliss-reactive ketones (excluding diaryl/α,β-unsaturated/α-hetero) is 1. The highest BCUT2D eigenvalue weighted by Crippen LogP contribution is 2.25. The first-order chi connectivity index (χ1) is 10.5. The van der Waals surface area contributed by atoms with E-state index in [0.29, 0.717) is 17.1 Å². The molecule has 0 unspecified atom stereocenters. The summed E-state index contributed by atoms with van der Waals surface area (Å²) in [6.45, 7) is -0.193. The van der Waals surface area contributed by atoms with Crippen molar-refractivity contribution in [3.05, 3.63) is 56.4 Å². The topological polar surface area (TPSA) is 57.5 Å². The van der Waals surface area contributed by atoms with Crippen molar-refractivity contribution in [2.24, 2.45) is 0 Å². The summed E-state index contributed by atoms with van der Waals surface area (Å²) in [7, 11) is 2.97. The minimum absolute atomic E-state index is 0.0398. The molecule has 0 aliphatic carbocycles. The molecular formula is C15H13Cl2NO4. The largest absolute Gasteiger partial charge is 0.497 e. The van der Waals surface area contributed by atoms with Crippen LogP contribution < -0.4 is 15.0 Å². The Hall–Kier alpha value is -1.98. The summed E-state index contributed by atoms with van der Waals surface area (Å²) in [5.74, 6) is 0.627. The Kier molecular flexibility index (Phi) is 5.11. The Morgan fingerprint density at radius 3 is 2.55 bits per heavy atom. The number of halogens is 2. The van der Waals surface area contributed by atoms with E-state index in [1.807, 2.05) is 0 Å². The molecule has 1 aromatic heterocycles. The van der Waals surface area contributed by atoms with Crippen LogP contribution in [-0.4, -0.2) is 24.6 Å². The minimum atomic E-state index is -0.480. The van der Waals surface area contributed by atoms with Crippen LogP contribution in [0, 0.1) is 0 Å². The van der Waals surface area contributed by atoms with E-state index >= 15 is 0 Å². The fourth-order valence-electron chi connectivity index (χ4n) is 1.95. The van der Waals surface area contributed by atoms with Gasteiger partial charge in [-0.25, -0.2) is 0 Å². The molecule has 0 saturated heterocycles. The number of benzene rings is 1. The van der Waals surface area contributed by atoms with Gasteiger partial charge in [-0.05, 0) is 18.2 Å². The monoisotopic (exact) mass is 341 g/mol. The lowest BCUT2D eigenvalue weighted by atomic mass is 10.1. The number of ether oxygens (including phenoxy) is 2. The van der Waals surface area contributed by atoms with E-state index in [1.165, 1.54) is 26.5 Å². The number of rotatable bonds is 5. The zero-order valence-corrected chi connectivity index (χ0v) is 13.4. The molecule has 0 radical (unpaired) electrons. The van der Waals surface area contributed by atoms with Crippen molar-refractivity contribution in [2.75, 3.05) is 14.2 Å². The molecule has 5 nitrogen and oxygen atoms in total. The molecule has 2 aromatic rings. The Bertz CT molecular complexity index is 771. The van der Waals surface area contributed by atoms with E-state index in [-0.39, 0.29) is 22.4 Å². The Morgan fingerprint density at radius 2 is 1.91 bits per heavy atom. The van der Waals surface area contributed by atoms with Crippen LogP contribution in [0.3, 0.4) is 0 Å². The van der Waals surface area contributed by atoms with Crippen molar-refractivity contribution in [3.63, 3.8) is 0 Å². The molecular weight excluding hydrogens is 329 g/mol. The third-order valence-electron chi connectivity index (χ3n) is 3.03. The minimum Gasteiger partial charge on any atom is -0.497 e. The van der Waals surface area contributed by atoms with Crippen molar-refractivity contribution in [1.29, 1.82) is 0 Å². The van der Waals surface area contributed by atoms with E-state index in [0.717, 1.165) is 4.57 Å². The van der Waals surface area contributed by atoms with Gasteiger partial charge in [-0.3, -0.25) is 9.59 Å². The van der Waals surface area contributed by atoms with Gasteiger partial charge in [-0.15, -0.1) is 0 Å². The van der Waals surface area contributed by atoms with Crippen LogP contribution in [0.4, 0.5) is 0 Å². The maximum Gasteiger partial charge on any atom is 0.269 e. The highest BCUT2D eigenvalue weighted by molar-refractivity contribution is 6.34. The van der Waals surface area contributed by atoms with E-state index in [2.05, 4.69) is 0 Å². The number of methoxy groups -OCH3 is 2. The SMILES string of the molecule is COc1ccc(C(=O)Cn2cc(Cl)cc(Cl)c2=O)c(OC)c1. The predicted molar refractivity (Wildman–Crippen MR) is 84.6 cm³/mol. The summed E-state index contributed by atoms with van der Waals surface area (Å²) >= 11 is 11.6. The first-order valence-corrected chi connectivity index (χ1v) is 7.02. The van der Waals surface area contributed by atoms with Gasteiger partial charge < -0.3 is 14.0 Å². The third kappa shape index (κ3) is 3.43. The van der Waals surface area contributed by atoms with Crippen LogP contribution >= 0.6 is 23.2 Å². The molecule has 0 atom stereocenters. The maximum atomic E-state index is 12.4. The molecule has 7 heteroatoms. The molecule has 116 valence electrons. The molecule has 22 heavy (non-hydrogen) atoms. The number of hydrogen-bond acceptors (Lipinski definition) is 4. The molecule has 0 bridgehead atoms. The average molecular weight is 342 g/mol. The molecule has 0 spiro atoms. The summed E-state index contributed by atoms with van der Waals surface area (Å²) in [6.07, 6.45) is 1.36. The summed E-state index contributed by atoms with van der Waals surface area (Å²) in [4.78, 5) is 24.3. The quantitative estimate of drug-likeness (QED) is 0.784. The molecule has 0 amide bonds. The van der Waals surface area contributed by atoms with Crippen LogP contribution in [0.5, 0.6) is 11.5 Å². The number of hydrogen-bond donors (Lipinski definition) is 0. The van der Waals surface area contributed by atoms with Gasteiger partial charge in [0.05, 0.1) is 31.4 Å². The number of aromatic nitrogens is 1. The average Bonchev–Trinajstić information content (AvgIpc) is 2.51. The van der Waals surface area contributed by atoms with Gasteiger partial charge in [0.15, 0.2) is 5.78 Å². The Labute approximate surface area is 137 Å². The number of carbonyl (C=O) groups excluding carboxylic acids is 1. The summed E-state index contributed by atoms with van der Waals surface area (Å²) in [5, 5.41) is 0.237. The number of pyridine rings is 1. The van der Waals surface area contributed by atoms with Crippen LogP contribution in [0.15, 0.2) is 35.3 Å². The fraction of sp³-hybridized carbons (Fsp3) is 0.200. The second-order valence-electron chi connectivity index (χ2n) is 4.43. The smallest absolute Gasteiger partial charge is 0.269 e. The summed E-state index contributed by atoms with van der Waals surface area (Å²) in [6, 6.07) is 6.15. The lowest BCUT2D eigenvalue weighted by molar-refractivity contribution is 0.0968. The molecule has 0 aliphatic heterocycles. The summed E-state index contributed by atoms with van der Waals surface area (Å²) < 4.78 is 11.4. The number of ketones is 1. The second kappa shape index (κ2) is 6.85. The van der Waals surface area contributed by atoms with Crippen molar-refractivity contribution >= 4 is 29.0 Å². The van der Waals surface area contributed by atoms with Crippen molar-refractivity contribution in [1.82, 2.24) is 4.57 Å². The third-order valence-corrected chi connectivity index (χ3v) is 3.51.